The van der Waals surface area contributed by atoms with Gasteiger partial charge in [0.15, 0.2) is 11.6 Å². The van der Waals surface area contributed by atoms with Crippen LogP contribution in [0.1, 0.15) is 41.0 Å². The fourth-order valence-corrected chi connectivity index (χ4v) is 3.05. The van der Waals surface area contributed by atoms with Gasteiger partial charge in [-0.3, -0.25) is 0 Å². The van der Waals surface area contributed by atoms with E-state index < -0.39 is 17.4 Å². The summed E-state index contributed by atoms with van der Waals surface area (Å²) >= 11 is 0. The Morgan fingerprint density at radius 3 is 2.28 bits per heavy atom. The van der Waals surface area contributed by atoms with E-state index in [0.29, 0.717) is 6.61 Å². The van der Waals surface area contributed by atoms with Gasteiger partial charge in [-0.15, -0.1) is 0 Å². The Hall–Kier alpha value is -0.200. The first-order chi connectivity index (χ1) is 8.27. The van der Waals surface area contributed by atoms with Crippen molar-refractivity contribution in [2.24, 2.45) is 0 Å². The lowest BCUT2D eigenvalue weighted by atomic mass is 10.0. The quantitative estimate of drug-likeness (QED) is 0.717. The van der Waals surface area contributed by atoms with Gasteiger partial charge in [-0.1, -0.05) is 6.92 Å². The second-order valence-corrected chi connectivity index (χ2v) is 6.19. The van der Waals surface area contributed by atoms with Crippen molar-refractivity contribution in [2.75, 3.05) is 6.61 Å². The second kappa shape index (κ2) is 3.67. The van der Waals surface area contributed by atoms with Crippen molar-refractivity contribution >= 4 is 0 Å². The zero-order chi connectivity index (χ0) is 13.2. The Morgan fingerprint density at radius 1 is 1.00 bits per heavy atom. The van der Waals surface area contributed by atoms with Crippen LogP contribution in [0.3, 0.4) is 0 Å². The van der Waals surface area contributed by atoms with Gasteiger partial charge < -0.3 is 23.7 Å². The molecule has 5 heteroatoms. The maximum Gasteiger partial charge on any atom is 0.224 e. The molecular formula is C13H22O5. The van der Waals surface area contributed by atoms with E-state index in [9.17, 15) is 0 Å². The first kappa shape index (κ1) is 12.8. The van der Waals surface area contributed by atoms with E-state index in [1.54, 1.807) is 0 Å². The van der Waals surface area contributed by atoms with Gasteiger partial charge in [0.2, 0.25) is 5.79 Å². The van der Waals surface area contributed by atoms with Crippen LogP contribution >= 0.6 is 0 Å². The first-order valence-corrected chi connectivity index (χ1v) is 6.64. The van der Waals surface area contributed by atoms with Gasteiger partial charge in [0, 0.05) is 0 Å². The van der Waals surface area contributed by atoms with Crippen LogP contribution in [0.15, 0.2) is 0 Å². The fraction of sp³-hybridized carbons (Fsp3) is 1.00. The summed E-state index contributed by atoms with van der Waals surface area (Å²) in [6.07, 6.45) is 0.558. The molecule has 3 aliphatic heterocycles. The van der Waals surface area contributed by atoms with Crippen molar-refractivity contribution in [2.45, 2.75) is 76.7 Å². The molecule has 0 aromatic carbocycles. The molecule has 1 spiro atoms. The average Bonchev–Trinajstić information content (AvgIpc) is 2.81. The van der Waals surface area contributed by atoms with Crippen LogP contribution in [0.2, 0.25) is 0 Å². The zero-order valence-electron chi connectivity index (χ0n) is 11.7. The summed E-state index contributed by atoms with van der Waals surface area (Å²) in [4.78, 5) is 0. The topological polar surface area (TPSA) is 46.2 Å². The molecule has 0 aliphatic carbocycles. The molecule has 3 rings (SSSR count). The van der Waals surface area contributed by atoms with Crippen LogP contribution in [0, 0.1) is 0 Å². The van der Waals surface area contributed by atoms with Crippen LogP contribution in [-0.2, 0) is 23.7 Å². The molecule has 0 aromatic rings. The van der Waals surface area contributed by atoms with Gasteiger partial charge in [0.05, 0.1) is 6.10 Å². The van der Waals surface area contributed by atoms with Gasteiger partial charge in [0.1, 0.15) is 18.8 Å². The first-order valence-electron chi connectivity index (χ1n) is 6.64. The summed E-state index contributed by atoms with van der Waals surface area (Å²) in [5.41, 5.74) is 0. The molecule has 0 amide bonds. The normalized spacial score (nSPS) is 48.8. The Morgan fingerprint density at radius 2 is 1.72 bits per heavy atom. The summed E-state index contributed by atoms with van der Waals surface area (Å²) < 4.78 is 29.6. The minimum Gasteiger partial charge on any atom is -0.345 e. The largest absolute Gasteiger partial charge is 0.345 e. The van der Waals surface area contributed by atoms with Gasteiger partial charge in [-0.05, 0) is 34.1 Å². The Bertz CT molecular complexity index is 353. The molecule has 5 nitrogen and oxygen atoms in total. The van der Waals surface area contributed by atoms with E-state index in [2.05, 4.69) is 6.92 Å². The second-order valence-electron chi connectivity index (χ2n) is 6.19. The molecule has 4 unspecified atom stereocenters. The van der Waals surface area contributed by atoms with Crippen LogP contribution in [0.5, 0.6) is 0 Å². The zero-order valence-corrected chi connectivity index (χ0v) is 11.7. The third kappa shape index (κ3) is 1.80. The van der Waals surface area contributed by atoms with Gasteiger partial charge in [-0.2, -0.15) is 0 Å². The standard InChI is InChI=1S/C13H22O5/c1-6-8-9-10(17-12(4,5)16-9)13(15-8)7-14-11(2,3)18-13/h8-10H,6-7H2,1-5H3. The predicted octanol–water partition coefficient (Wildman–Crippen LogP) is 1.79. The molecule has 0 radical (unpaired) electrons. The fourth-order valence-electron chi connectivity index (χ4n) is 3.05. The highest BCUT2D eigenvalue weighted by atomic mass is 16.9. The Balaban J connectivity index is 1.89. The SMILES string of the molecule is CCC1OC2(COC(C)(C)O2)C2OC(C)(C)OC12. The lowest BCUT2D eigenvalue weighted by Crippen LogP contribution is -2.46. The van der Waals surface area contributed by atoms with E-state index >= 15 is 0 Å². The van der Waals surface area contributed by atoms with Gasteiger partial charge >= 0.3 is 0 Å². The average molecular weight is 258 g/mol. The molecule has 3 aliphatic rings. The summed E-state index contributed by atoms with van der Waals surface area (Å²) in [5.74, 6) is -2.04. The molecule has 18 heavy (non-hydrogen) atoms. The molecule has 0 bridgehead atoms. The number of hydrogen-bond acceptors (Lipinski definition) is 5. The molecule has 0 N–H and O–H groups in total. The lowest BCUT2D eigenvalue weighted by molar-refractivity contribution is -0.296. The minimum atomic E-state index is -0.817. The van der Waals surface area contributed by atoms with E-state index in [1.807, 2.05) is 27.7 Å². The summed E-state index contributed by atoms with van der Waals surface area (Å²) in [6.45, 7) is 10.1. The molecule has 0 aromatic heterocycles. The molecule has 0 saturated carbocycles. The van der Waals surface area contributed by atoms with E-state index in [4.69, 9.17) is 23.7 Å². The summed E-state index contributed by atoms with van der Waals surface area (Å²) in [7, 11) is 0. The van der Waals surface area contributed by atoms with Crippen molar-refractivity contribution in [3.8, 4) is 0 Å². The number of fused-ring (bicyclic) bond motifs is 2. The maximum absolute atomic E-state index is 6.06. The number of hydrogen-bond donors (Lipinski definition) is 0. The predicted molar refractivity (Wildman–Crippen MR) is 62.8 cm³/mol. The Kier molecular flexibility index (Phi) is 2.61. The van der Waals surface area contributed by atoms with Gasteiger partial charge in [-0.25, -0.2) is 0 Å². The van der Waals surface area contributed by atoms with Crippen molar-refractivity contribution in [3.05, 3.63) is 0 Å². The third-order valence-corrected chi connectivity index (χ3v) is 3.72. The number of ether oxygens (including phenoxy) is 5. The highest BCUT2D eigenvalue weighted by Gasteiger charge is 2.67. The van der Waals surface area contributed by atoms with E-state index in [0.717, 1.165) is 6.42 Å². The van der Waals surface area contributed by atoms with Crippen molar-refractivity contribution in [3.63, 3.8) is 0 Å². The molecule has 4 atom stereocenters. The number of rotatable bonds is 1. The Labute approximate surface area is 108 Å². The van der Waals surface area contributed by atoms with Gasteiger partial charge in [0.25, 0.3) is 0 Å². The smallest absolute Gasteiger partial charge is 0.224 e. The van der Waals surface area contributed by atoms with Crippen molar-refractivity contribution < 1.29 is 23.7 Å². The van der Waals surface area contributed by atoms with Crippen LogP contribution < -0.4 is 0 Å². The lowest BCUT2D eigenvalue weighted by Gasteiger charge is -2.30. The van der Waals surface area contributed by atoms with Crippen LogP contribution in [0.4, 0.5) is 0 Å². The summed E-state index contributed by atoms with van der Waals surface area (Å²) in [6, 6.07) is 0. The monoisotopic (exact) mass is 258 g/mol. The van der Waals surface area contributed by atoms with Crippen molar-refractivity contribution in [1.82, 2.24) is 0 Å². The molecular weight excluding hydrogens is 236 g/mol. The van der Waals surface area contributed by atoms with Crippen molar-refractivity contribution in [1.29, 1.82) is 0 Å². The maximum atomic E-state index is 6.06. The molecule has 3 heterocycles. The van der Waals surface area contributed by atoms with E-state index in [1.165, 1.54) is 0 Å². The highest BCUT2D eigenvalue weighted by molar-refractivity contribution is 5.04. The molecule has 104 valence electrons. The molecule has 3 fully saturated rings. The summed E-state index contributed by atoms with van der Waals surface area (Å²) in [5, 5.41) is 0. The minimum absolute atomic E-state index is 0.00530. The van der Waals surface area contributed by atoms with E-state index in [-0.39, 0.29) is 18.3 Å². The molecule has 3 saturated heterocycles. The van der Waals surface area contributed by atoms with Crippen LogP contribution in [0.25, 0.3) is 0 Å². The third-order valence-electron chi connectivity index (χ3n) is 3.72. The highest BCUT2D eigenvalue weighted by Crippen LogP contribution is 2.49. The van der Waals surface area contributed by atoms with Crippen LogP contribution in [-0.4, -0.2) is 42.3 Å².